The van der Waals surface area contributed by atoms with Crippen LogP contribution in [0.4, 0.5) is 0 Å². The molecular weight excluding hydrogens is 657 g/mol. The van der Waals surface area contributed by atoms with Crippen molar-refractivity contribution in [3.05, 3.63) is 103 Å². The second-order valence-corrected chi connectivity index (χ2v) is 15.4. The van der Waals surface area contributed by atoms with E-state index in [1.54, 1.807) is 6.92 Å². The van der Waals surface area contributed by atoms with Crippen LogP contribution < -0.4 is 4.72 Å². The molecule has 2 atom stereocenters. The predicted molar refractivity (Wildman–Crippen MR) is 156 cm³/mol. The molecule has 1 N–H and O–H groups in total. The first-order valence-corrected chi connectivity index (χ1v) is 17.0. The van der Waals surface area contributed by atoms with Crippen LogP contribution in [0.25, 0.3) is 0 Å². The Bertz CT molecular complexity index is 1840. The predicted octanol–water partition coefficient (Wildman–Crippen LogP) is 3.05. The lowest BCUT2D eigenvalue weighted by Gasteiger charge is -2.36. The lowest BCUT2D eigenvalue weighted by atomic mass is 10.0. The number of fused-ring (bicyclic) bond motifs is 1. The number of thiophene rings is 1. The van der Waals surface area contributed by atoms with Gasteiger partial charge in [-0.15, -0.1) is 31.6 Å². The van der Waals surface area contributed by atoms with E-state index in [0.717, 1.165) is 6.07 Å². The van der Waals surface area contributed by atoms with Gasteiger partial charge in [-0.05, 0) is 61.7 Å². The molecular formula is C26H26N4O12S3. The van der Waals surface area contributed by atoms with E-state index < -0.39 is 57.3 Å². The highest BCUT2D eigenvalue weighted by molar-refractivity contribution is 7.95. The number of carbonyl (C=O) groups excluding carboxylic acids is 2. The van der Waals surface area contributed by atoms with Crippen LogP contribution in [0.2, 0.25) is 0 Å². The number of carbonyl (C=O) groups is 2. The largest absolute Gasteiger partial charge is 0.332 e. The van der Waals surface area contributed by atoms with Crippen molar-refractivity contribution in [2.24, 2.45) is 0 Å². The summed E-state index contributed by atoms with van der Waals surface area (Å²) in [5, 5.41) is 17.9. The minimum absolute atomic E-state index is 0.0151. The number of hydrogen-bond donors (Lipinski definition) is 1. The van der Waals surface area contributed by atoms with Crippen LogP contribution in [0.5, 0.6) is 0 Å². The van der Waals surface area contributed by atoms with Crippen LogP contribution in [0.15, 0.2) is 63.0 Å². The number of sulfonamides is 1. The van der Waals surface area contributed by atoms with Crippen molar-refractivity contribution in [2.75, 3.05) is 6.54 Å². The van der Waals surface area contributed by atoms with Gasteiger partial charge in [-0.2, -0.15) is 0 Å². The third-order valence-corrected chi connectivity index (χ3v) is 12.7. The highest BCUT2D eigenvalue weighted by Gasteiger charge is 2.43. The summed E-state index contributed by atoms with van der Waals surface area (Å²) in [7, 11) is -8.53. The van der Waals surface area contributed by atoms with Crippen molar-refractivity contribution < 1.29 is 46.3 Å². The van der Waals surface area contributed by atoms with Crippen molar-refractivity contribution in [3.8, 4) is 0 Å². The zero-order valence-electron chi connectivity index (χ0n) is 23.6. The first-order chi connectivity index (χ1) is 21.1. The normalized spacial score (nSPS) is 17.0. The molecule has 0 radical (unpaired) electrons. The molecule has 2 heterocycles. The maximum atomic E-state index is 13.6. The van der Waals surface area contributed by atoms with E-state index in [2.05, 4.69) is 9.68 Å². The third-order valence-electron chi connectivity index (χ3n) is 6.96. The molecule has 0 saturated carbocycles. The molecule has 1 aliphatic heterocycles. The third kappa shape index (κ3) is 7.37. The highest BCUT2D eigenvalue weighted by Crippen LogP contribution is 2.45. The molecule has 1 unspecified atom stereocenters. The molecule has 4 rings (SSSR count). The lowest BCUT2D eigenvalue weighted by molar-refractivity contribution is -0.763. The van der Waals surface area contributed by atoms with E-state index in [1.165, 1.54) is 60.4 Å². The Morgan fingerprint density at radius 3 is 1.98 bits per heavy atom. The van der Waals surface area contributed by atoms with Gasteiger partial charge in [-0.3, -0.25) is 9.59 Å². The van der Waals surface area contributed by atoms with Gasteiger partial charge in [0.1, 0.15) is 21.6 Å². The number of hydrogen-bond acceptors (Lipinski definition) is 13. The molecule has 240 valence electrons. The van der Waals surface area contributed by atoms with E-state index in [4.69, 9.17) is 0 Å². The Hall–Kier alpha value is -4.62. The van der Waals surface area contributed by atoms with Gasteiger partial charge in [0.2, 0.25) is 0 Å². The van der Waals surface area contributed by atoms with E-state index in [0.29, 0.717) is 22.5 Å². The van der Waals surface area contributed by atoms with Gasteiger partial charge in [0.15, 0.2) is 9.84 Å². The van der Waals surface area contributed by atoms with E-state index >= 15 is 0 Å². The van der Waals surface area contributed by atoms with Gasteiger partial charge >= 0.3 is 0 Å². The Labute approximate surface area is 260 Å². The maximum Gasteiger partial charge on any atom is 0.294 e. The number of nitrogens with one attached hydrogen (secondary N) is 1. The van der Waals surface area contributed by atoms with Crippen molar-refractivity contribution in [2.45, 2.75) is 53.2 Å². The summed E-state index contributed by atoms with van der Waals surface area (Å²) in [6.07, 6.45) is -0.0151. The smallest absolute Gasteiger partial charge is 0.294 e. The monoisotopic (exact) mass is 682 g/mol. The van der Waals surface area contributed by atoms with Crippen molar-refractivity contribution >= 4 is 43.0 Å². The average Bonchev–Trinajstić information content (AvgIpc) is 3.46. The van der Waals surface area contributed by atoms with Gasteiger partial charge in [0, 0.05) is 23.2 Å². The summed E-state index contributed by atoms with van der Waals surface area (Å²) in [6, 6.07) is 11.4. The van der Waals surface area contributed by atoms with Crippen LogP contribution in [-0.4, -0.2) is 55.5 Å². The SMILES string of the molecule is CCN(C(=O)c1ccc(CO[N+](=O)[O-])cc1)[C@H]1CC(C)S(=O)(=O)c2sc(S(=O)(=O)NC(=O)c3ccc(CO[N+](=O)[O-])cc3)cc21. The number of sulfone groups is 1. The molecule has 0 aliphatic carbocycles. The quantitative estimate of drug-likeness (QED) is 0.215. The summed E-state index contributed by atoms with van der Waals surface area (Å²) in [4.78, 5) is 57.1. The topological polar surface area (TPSA) is 222 Å². The molecule has 3 aromatic rings. The van der Waals surface area contributed by atoms with Gasteiger partial charge in [-0.1, -0.05) is 24.3 Å². The summed E-state index contributed by atoms with van der Waals surface area (Å²) >= 11 is 0.473. The van der Waals surface area contributed by atoms with Crippen molar-refractivity contribution in [1.82, 2.24) is 9.62 Å². The Balaban J connectivity index is 1.60. The number of rotatable bonds is 12. The molecule has 0 saturated heterocycles. The fourth-order valence-corrected chi connectivity index (χ4v) is 9.60. The molecule has 0 fully saturated rings. The second-order valence-electron chi connectivity index (χ2n) is 9.83. The number of benzene rings is 2. The van der Waals surface area contributed by atoms with Crippen LogP contribution >= 0.6 is 11.3 Å². The molecule has 0 bridgehead atoms. The Morgan fingerprint density at radius 1 is 0.978 bits per heavy atom. The van der Waals surface area contributed by atoms with Crippen molar-refractivity contribution in [1.29, 1.82) is 0 Å². The van der Waals surface area contributed by atoms with Crippen LogP contribution in [0.3, 0.4) is 0 Å². The fourth-order valence-electron chi connectivity index (χ4n) is 4.65. The van der Waals surface area contributed by atoms with E-state index in [1.807, 2.05) is 4.72 Å². The molecule has 2 aromatic carbocycles. The summed E-state index contributed by atoms with van der Waals surface area (Å²) in [5.41, 5.74) is 1.04. The maximum absolute atomic E-state index is 13.6. The Kier molecular flexibility index (Phi) is 9.74. The van der Waals surface area contributed by atoms with Crippen LogP contribution in [-0.2, 0) is 42.7 Å². The zero-order valence-corrected chi connectivity index (χ0v) is 26.1. The molecule has 1 aromatic heterocycles. The highest BCUT2D eigenvalue weighted by atomic mass is 32.3. The van der Waals surface area contributed by atoms with Crippen LogP contribution in [0.1, 0.15) is 63.7 Å². The standard InChI is InChI=1S/C26H26N4O12S3/c1-3-28(25(32)20-10-6-18(7-11-20)15-42-30(35)36)22-12-16(2)44(37,38)26-21(22)13-23(43-26)45(39,40)27-24(31)19-8-4-17(5-9-19)14-41-29(33)34/h4-11,13,16,22H,3,12,14-15H2,1-2H3,(H,27,31)/t16?,22-/m0/s1. The van der Waals surface area contributed by atoms with E-state index in [9.17, 15) is 46.7 Å². The molecule has 0 spiro atoms. The number of amides is 2. The van der Waals surface area contributed by atoms with E-state index in [-0.39, 0.29) is 47.1 Å². The molecule has 1 aliphatic rings. The first kappa shape index (κ1) is 33.3. The number of nitrogens with zero attached hydrogens (tertiary/aromatic N) is 3. The minimum Gasteiger partial charge on any atom is -0.332 e. The van der Waals surface area contributed by atoms with Gasteiger partial charge in [0.05, 0.1) is 11.3 Å². The average molecular weight is 683 g/mol. The molecule has 2 amide bonds. The van der Waals surface area contributed by atoms with Crippen LogP contribution in [0, 0.1) is 20.2 Å². The second kappa shape index (κ2) is 13.2. The first-order valence-electron chi connectivity index (χ1n) is 13.1. The summed E-state index contributed by atoms with van der Waals surface area (Å²) < 4.78 is 54.3. The van der Waals surface area contributed by atoms with Gasteiger partial charge < -0.3 is 14.6 Å². The van der Waals surface area contributed by atoms with Gasteiger partial charge in [-0.25, -0.2) is 21.6 Å². The molecule has 45 heavy (non-hydrogen) atoms. The molecule has 19 heteroatoms. The minimum atomic E-state index is -4.57. The zero-order chi connectivity index (χ0) is 33.1. The molecule has 16 nitrogen and oxygen atoms in total. The fraction of sp³-hybridized carbons (Fsp3) is 0.308. The van der Waals surface area contributed by atoms with Gasteiger partial charge in [0.25, 0.3) is 32.0 Å². The Morgan fingerprint density at radius 2 is 1.49 bits per heavy atom. The van der Waals surface area contributed by atoms with Crippen molar-refractivity contribution in [3.63, 3.8) is 0 Å². The lowest BCUT2D eigenvalue weighted by Crippen LogP contribution is -2.40. The summed E-state index contributed by atoms with van der Waals surface area (Å²) in [6.45, 7) is 2.60. The summed E-state index contributed by atoms with van der Waals surface area (Å²) in [5.74, 6) is -1.49.